The summed E-state index contributed by atoms with van der Waals surface area (Å²) < 4.78 is 5.42. The lowest BCUT2D eigenvalue weighted by Crippen LogP contribution is -2.87. The summed E-state index contributed by atoms with van der Waals surface area (Å²) in [4.78, 5) is 0. The van der Waals surface area contributed by atoms with Crippen molar-refractivity contribution in [3.8, 4) is 5.75 Å². The minimum absolute atomic E-state index is 0.642. The summed E-state index contributed by atoms with van der Waals surface area (Å²) in [5.74, 6) is 0.949. The molecule has 16 heavy (non-hydrogen) atoms. The molecule has 1 fully saturated rings. The van der Waals surface area contributed by atoms with Crippen LogP contribution in [-0.2, 0) is 0 Å². The fraction of sp³-hybridized carbons (Fsp3) is 0.538. The van der Waals surface area contributed by atoms with Crippen molar-refractivity contribution in [1.29, 1.82) is 0 Å². The Morgan fingerprint density at radius 2 is 1.94 bits per heavy atom. The monoisotopic (exact) mass is 221 g/mol. The van der Waals surface area contributed by atoms with Gasteiger partial charge in [0.1, 0.15) is 5.75 Å². The first-order chi connectivity index (χ1) is 7.88. The van der Waals surface area contributed by atoms with Crippen molar-refractivity contribution >= 4 is 5.69 Å². The first-order valence-corrected chi connectivity index (χ1v) is 6.19. The highest BCUT2D eigenvalue weighted by Gasteiger charge is 2.14. The zero-order valence-corrected chi connectivity index (χ0v) is 9.91. The standard InChI is InChI=1S/C13H20N2O/c1-2-16-13-5-3-11(4-6-13)15-12-7-9-14-10-8-12/h3-6,12,14-15H,2,7-10H2,1H3/p+1. The molecule has 0 spiro atoms. The van der Waals surface area contributed by atoms with Gasteiger partial charge in [0.2, 0.25) is 0 Å². The zero-order valence-electron chi connectivity index (χ0n) is 9.91. The van der Waals surface area contributed by atoms with Crippen LogP contribution in [0.3, 0.4) is 0 Å². The summed E-state index contributed by atoms with van der Waals surface area (Å²) in [5, 5.41) is 5.96. The van der Waals surface area contributed by atoms with E-state index in [1.165, 1.54) is 31.6 Å². The van der Waals surface area contributed by atoms with E-state index in [-0.39, 0.29) is 0 Å². The van der Waals surface area contributed by atoms with Crippen LogP contribution < -0.4 is 15.4 Å². The fourth-order valence-electron chi connectivity index (χ4n) is 2.12. The molecule has 1 aromatic carbocycles. The Labute approximate surface area is 97.2 Å². The van der Waals surface area contributed by atoms with Crippen LogP contribution in [-0.4, -0.2) is 25.7 Å². The van der Waals surface area contributed by atoms with Crippen molar-refractivity contribution < 1.29 is 10.1 Å². The van der Waals surface area contributed by atoms with Gasteiger partial charge in [-0.3, -0.25) is 0 Å². The number of ether oxygens (including phenoxy) is 1. The van der Waals surface area contributed by atoms with Gasteiger partial charge in [0.15, 0.2) is 0 Å². The van der Waals surface area contributed by atoms with Crippen LogP contribution in [0.25, 0.3) is 0 Å². The topological polar surface area (TPSA) is 37.9 Å². The van der Waals surface area contributed by atoms with Crippen molar-refractivity contribution in [3.05, 3.63) is 24.3 Å². The molecule has 0 saturated carbocycles. The smallest absolute Gasteiger partial charge is 0.119 e. The second-order valence-corrected chi connectivity index (χ2v) is 4.24. The van der Waals surface area contributed by atoms with Crippen molar-refractivity contribution in [2.75, 3.05) is 25.0 Å². The Hall–Kier alpha value is -1.22. The van der Waals surface area contributed by atoms with Crippen molar-refractivity contribution in [2.24, 2.45) is 0 Å². The van der Waals surface area contributed by atoms with Crippen molar-refractivity contribution in [3.63, 3.8) is 0 Å². The average molecular weight is 221 g/mol. The van der Waals surface area contributed by atoms with Gasteiger partial charge in [-0.05, 0) is 31.2 Å². The van der Waals surface area contributed by atoms with Gasteiger partial charge in [0.05, 0.1) is 19.7 Å². The molecule has 1 saturated heterocycles. The molecule has 1 aliphatic rings. The van der Waals surface area contributed by atoms with Gasteiger partial charge in [-0.25, -0.2) is 0 Å². The highest BCUT2D eigenvalue weighted by molar-refractivity contribution is 5.47. The molecule has 1 heterocycles. The maximum absolute atomic E-state index is 5.42. The normalized spacial score (nSPS) is 17.1. The van der Waals surface area contributed by atoms with E-state index in [0.29, 0.717) is 6.04 Å². The van der Waals surface area contributed by atoms with Gasteiger partial charge >= 0.3 is 0 Å². The highest BCUT2D eigenvalue weighted by Crippen LogP contribution is 2.17. The number of hydrogen-bond donors (Lipinski definition) is 2. The molecular formula is C13H21N2O+. The van der Waals surface area contributed by atoms with E-state index >= 15 is 0 Å². The summed E-state index contributed by atoms with van der Waals surface area (Å²) in [5.41, 5.74) is 1.20. The molecule has 0 aliphatic carbocycles. The van der Waals surface area contributed by atoms with Crippen LogP contribution >= 0.6 is 0 Å². The number of piperidine rings is 1. The number of nitrogens with one attached hydrogen (secondary N) is 1. The van der Waals surface area contributed by atoms with E-state index in [9.17, 15) is 0 Å². The molecule has 3 nitrogen and oxygen atoms in total. The number of benzene rings is 1. The van der Waals surface area contributed by atoms with E-state index in [4.69, 9.17) is 4.74 Å². The quantitative estimate of drug-likeness (QED) is 0.802. The van der Waals surface area contributed by atoms with E-state index in [1.54, 1.807) is 0 Å². The SMILES string of the molecule is CCOc1ccc(NC2CC[NH2+]CC2)cc1. The molecule has 0 unspecified atom stereocenters. The summed E-state index contributed by atoms with van der Waals surface area (Å²) >= 11 is 0. The Kier molecular flexibility index (Phi) is 4.05. The molecule has 2 rings (SSSR count). The van der Waals surface area contributed by atoms with Crippen LogP contribution in [0.4, 0.5) is 5.69 Å². The van der Waals surface area contributed by atoms with Gasteiger partial charge in [-0.2, -0.15) is 0 Å². The second kappa shape index (κ2) is 5.75. The van der Waals surface area contributed by atoms with Gasteiger partial charge in [0.25, 0.3) is 0 Å². The van der Waals surface area contributed by atoms with E-state index in [0.717, 1.165) is 12.4 Å². The fourth-order valence-corrected chi connectivity index (χ4v) is 2.12. The van der Waals surface area contributed by atoms with Crippen molar-refractivity contribution in [2.45, 2.75) is 25.8 Å². The zero-order chi connectivity index (χ0) is 11.2. The average Bonchev–Trinajstić information content (AvgIpc) is 2.33. The van der Waals surface area contributed by atoms with Crippen LogP contribution in [0.15, 0.2) is 24.3 Å². The van der Waals surface area contributed by atoms with Gasteiger partial charge < -0.3 is 15.4 Å². The Morgan fingerprint density at radius 1 is 1.25 bits per heavy atom. The number of nitrogens with two attached hydrogens (primary N) is 1. The van der Waals surface area contributed by atoms with Crippen LogP contribution in [0.5, 0.6) is 5.75 Å². The minimum Gasteiger partial charge on any atom is -0.494 e. The highest BCUT2D eigenvalue weighted by atomic mass is 16.5. The lowest BCUT2D eigenvalue weighted by Gasteiger charge is -2.22. The number of hydrogen-bond acceptors (Lipinski definition) is 2. The Balaban J connectivity index is 1.88. The number of anilines is 1. The molecule has 0 atom stereocenters. The first kappa shape index (κ1) is 11.3. The van der Waals surface area contributed by atoms with Crippen LogP contribution in [0, 0.1) is 0 Å². The molecule has 0 radical (unpaired) electrons. The molecule has 0 aromatic heterocycles. The molecule has 88 valence electrons. The molecule has 0 amide bonds. The van der Waals surface area contributed by atoms with E-state index in [2.05, 4.69) is 22.8 Å². The maximum Gasteiger partial charge on any atom is 0.119 e. The third-order valence-electron chi connectivity index (χ3n) is 2.97. The maximum atomic E-state index is 5.42. The number of quaternary nitrogens is 1. The molecule has 1 aliphatic heterocycles. The summed E-state index contributed by atoms with van der Waals surface area (Å²) in [6.07, 6.45) is 2.51. The van der Waals surface area contributed by atoms with Gasteiger partial charge in [-0.15, -0.1) is 0 Å². The molecule has 3 heteroatoms. The molecule has 0 bridgehead atoms. The first-order valence-electron chi connectivity index (χ1n) is 6.19. The number of rotatable bonds is 4. The third kappa shape index (κ3) is 3.14. The Bertz CT molecular complexity index is 304. The third-order valence-corrected chi connectivity index (χ3v) is 2.97. The van der Waals surface area contributed by atoms with Crippen LogP contribution in [0.2, 0.25) is 0 Å². The van der Waals surface area contributed by atoms with Gasteiger partial charge in [0, 0.05) is 24.6 Å². The molecule has 1 aromatic rings. The predicted octanol–water partition coefficient (Wildman–Crippen LogP) is 1.22. The largest absolute Gasteiger partial charge is 0.494 e. The lowest BCUT2D eigenvalue weighted by atomic mass is 10.1. The van der Waals surface area contributed by atoms with Crippen LogP contribution in [0.1, 0.15) is 19.8 Å². The molecular weight excluding hydrogens is 200 g/mol. The Morgan fingerprint density at radius 3 is 2.56 bits per heavy atom. The summed E-state index contributed by atoms with van der Waals surface area (Å²) in [6, 6.07) is 8.90. The summed E-state index contributed by atoms with van der Waals surface area (Å²) in [6.45, 7) is 5.22. The lowest BCUT2D eigenvalue weighted by molar-refractivity contribution is -0.662. The van der Waals surface area contributed by atoms with E-state index in [1.807, 2.05) is 19.1 Å². The van der Waals surface area contributed by atoms with Crippen molar-refractivity contribution in [1.82, 2.24) is 0 Å². The molecule has 3 N–H and O–H groups in total. The van der Waals surface area contributed by atoms with E-state index < -0.39 is 0 Å². The minimum atomic E-state index is 0.642. The van der Waals surface area contributed by atoms with Gasteiger partial charge in [-0.1, -0.05) is 0 Å². The second-order valence-electron chi connectivity index (χ2n) is 4.24. The predicted molar refractivity (Wildman–Crippen MR) is 65.9 cm³/mol. The summed E-state index contributed by atoms with van der Waals surface area (Å²) in [7, 11) is 0.